The highest BCUT2D eigenvalue weighted by Crippen LogP contribution is 2.19. The molecule has 2 rings (SSSR count). The molecule has 50 heavy (non-hydrogen) atoms. The van der Waals surface area contributed by atoms with Crippen molar-refractivity contribution in [3.05, 3.63) is 36.0 Å². The standard InChI is InChI=1S/C30H40N8O12/c1-14(26(45)37-21(10-25(43)44)29(48)34-13-23(40)36-15(2)30(49)50)35-22(39)12-33-28(47)20(38-27(46)18(31)7-8-24(41)42)9-16-11-32-19-6-4-3-5-17(16)19/h3-6,11,14-15,18,20-21,32H,7-10,12-13,31H2,1-2H3,(H,33,47)(H,34,48)(H,35,39)(H,36,40)(H,37,45)(H,38,46)(H,41,42)(H,43,44)(H,49,50)/t14-,15-,18-,20-,21-/m0/s1. The zero-order chi connectivity index (χ0) is 37.5. The third-order valence-corrected chi connectivity index (χ3v) is 7.11. The zero-order valence-corrected chi connectivity index (χ0v) is 27.1. The summed E-state index contributed by atoms with van der Waals surface area (Å²) in [6, 6.07) is 0.379. The average molecular weight is 705 g/mol. The van der Waals surface area contributed by atoms with Gasteiger partial charge in [-0.05, 0) is 31.9 Å². The van der Waals surface area contributed by atoms with Gasteiger partial charge in [0.05, 0.1) is 25.6 Å². The number of para-hydroxylation sites is 1. The molecule has 20 nitrogen and oxygen atoms in total. The second-order valence-electron chi connectivity index (χ2n) is 11.2. The number of carbonyl (C=O) groups is 9. The summed E-state index contributed by atoms with van der Waals surface area (Å²) in [4.78, 5) is 112. The van der Waals surface area contributed by atoms with Crippen LogP contribution in [0.3, 0.4) is 0 Å². The fourth-order valence-electron chi connectivity index (χ4n) is 4.39. The van der Waals surface area contributed by atoms with Crippen molar-refractivity contribution in [1.29, 1.82) is 0 Å². The van der Waals surface area contributed by atoms with Gasteiger partial charge in [0.25, 0.3) is 0 Å². The van der Waals surface area contributed by atoms with Crippen molar-refractivity contribution in [1.82, 2.24) is 36.9 Å². The highest BCUT2D eigenvalue weighted by atomic mass is 16.4. The number of hydrogen-bond donors (Lipinski definition) is 11. The van der Waals surface area contributed by atoms with Gasteiger partial charge in [-0.1, -0.05) is 18.2 Å². The molecule has 0 saturated heterocycles. The van der Waals surface area contributed by atoms with Crippen molar-refractivity contribution in [3.8, 4) is 0 Å². The van der Waals surface area contributed by atoms with E-state index in [4.69, 9.17) is 15.9 Å². The SMILES string of the molecule is C[C@H](NC(=O)CNC(=O)[C@H](CC(=O)O)NC(=O)[C@H](C)NC(=O)CNC(=O)[C@H](Cc1c[nH]c2ccccc12)NC(=O)[C@@H](N)CCC(=O)O)C(=O)O. The van der Waals surface area contributed by atoms with Gasteiger partial charge >= 0.3 is 17.9 Å². The van der Waals surface area contributed by atoms with Crippen molar-refractivity contribution in [2.75, 3.05) is 13.1 Å². The molecular formula is C30H40N8O12. The number of aromatic amines is 1. The van der Waals surface area contributed by atoms with Crippen LogP contribution in [0, 0.1) is 0 Å². The van der Waals surface area contributed by atoms with Crippen LogP contribution in [0.4, 0.5) is 0 Å². The Balaban J connectivity index is 2.01. The second kappa shape index (κ2) is 19.1. The van der Waals surface area contributed by atoms with E-state index < -0.39 is 103 Å². The van der Waals surface area contributed by atoms with Crippen LogP contribution in [0.15, 0.2) is 30.5 Å². The third-order valence-electron chi connectivity index (χ3n) is 7.11. The Morgan fingerprint density at radius 1 is 0.720 bits per heavy atom. The van der Waals surface area contributed by atoms with Gasteiger partial charge in [-0.25, -0.2) is 0 Å². The molecule has 0 aliphatic rings. The molecule has 12 N–H and O–H groups in total. The Bertz CT molecular complexity index is 1610. The number of carboxylic acid groups (broad SMARTS) is 3. The summed E-state index contributed by atoms with van der Waals surface area (Å²) in [6.45, 7) is 1.00. The van der Waals surface area contributed by atoms with E-state index in [-0.39, 0.29) is 19.3 Å². The lowest BCUT2D eigenvalue weighted by atomic mass is 10.0. The molecule has 0 saturated carbocycles. The fourth-order valence-corrected chi connectivity index (χ4v) is 4.39. The second-order valence-corrected chi connectivity index (χ2v) is 11.2. The van der Waals surface area contributed by atoms with E-state index >= 15 is 0 Å². The van der Waals surface area contributed by atoms with Crippen LogP contribution in [-0.2, 0) is 49.6 Å². The van der Waals surface area contributed by atoms with Gasteiger partial charge in [-0.15, -0.1) is 0 Å². The number of benzene rings is 1. The van der Waals surface area contributed by atoms with Crippen LogP contribution >= 0.6 is 0 Å². The summed E-state index contributed by atoms with van der Waals surface area (Å²) in [7, 11) is 0. The Hall–Kier alpha value is -6.05. The molecule has 1 aromatic carbocycles. The van der Waals surface area contributed by atoms with E-state index in [1.165, 1.54) is 13.8 Å². The monoisotopic (exact) mass is 704 g/mol. The maximum absolute atomic E-state index is 13.2. The Labute approximate surface area is 284 Å². The van der Waals surface area contributed by atoms with Gasteiger partial charge in [0.1, 0.15) is 24.2 Å². The number of hydrogen-bond acceptors (Lipinski definition) is 10. The predicted molar refractivity (Wildman–Crippen MR) is 172 cm³/mol. The molecule has 0 unspecified atom stereocenters. The Morgan fingerprint density at radius 2 is 1.28 bits per heavy atom. The summed E-state index contributed by atoms with van der Waals surface area (Å²) in [5.74, 6) is -9.40. The molecule has 0 fully saturated rings. The highest BCUT2D eigenvalue weighted by Gasteiger charge is 2.29. The quantitative estimate of drug-likeness (QED) is 0.0643. The van der Waals surface area contributed by atoms with Crippen molar-refractivity contribution < 1.29 is 58.5 Å². The van der Waals surface area contributed by atoms with Crippen LogP contribution in [0.1, 0.15) is 38.7 Å². The van der Waals surface area contributed by atoms with E-state index in [0.717, 1.165) is 10.9 Å². The minimum atomic E-state index is -1.68. The van der Waals surface area contributed by atoms with Gasteiger partial charge in [0.2, 0.25) is 35.4 Å². The number of amides is 6. The normalized spacial score (nSPS) is 13.7. The first-order valence-corrected chi connectivity index (χ1v) is 15.2. The predicted octanol–water partition coefficient (Wildman–Crippen LogP) is -3.33. The summed E-state index contributed by atoms with van der Waals surface area (Å²) < 4.78 is 0. The average Bonchev–Trinajstić information content (AvgIpc) is 3.46. The van der Waals surface area contributed by atoms with E-state index in [1.54, 1.807) is 30.5 Å². The molecule has 2 aromatic rings. The van der Waals surface area contributed by atoms with Crippen LogP contribution < -0.4 is 37.6 Å². The summed E-state index contributed by atoms with van der Waals surface area (Å²) in [5, 5.41) is 41.1. The first-order valence-electron chi connectivity index (χ1n) is 15.2. The number of H-pyrrole nitrogens is 1. The number of fused-ring (bicyclic) bond motifs is 1. The molecule has 272 valence electrons. The maximum atomic E-state index is 13.2. The summed E-state index contributed by atoms with van der Waals surface area (Å²) >= 11 is 0. The van der Waals surface area contributed by atoms with Crippen LogP contribution in [0.5, 0.6) is 0 Å². The van der Waals surface area contributed by atoms with E-state index in [1.807, 2.05) is 0 Å². The minimum Gasteiger partial charge on any atom is -0.481 e. The molecule has 1 aromatic heterocycles. The highest BCUT2D eigenvalue weighted by molar-refractivity contribution is 5.96. The fraction of sp³-hybridized carbons (Fsp3) is 0.433. The number of carbonyl (C=O) groups excluding carboxylic acids is 6. The molecule has 0 radical (unpaired) electrons. The van der Waals surface area contributed by atoms with Crippen molar-refractivity contribution in [2.24, 2.45) is 5.73 Å². The van der Waals surface area contributed by atoms with Crippen LogP contribution in [0.25, 0.3) is 10.9 Å². The number of carboxylic acids is 3. The first kappa shape index (κ1) is 40.1. The number of aromatic nitrogens is 1. The third kappa shape index (κ3) is 13.2. The van der Waals surface area contributed by atoms with Gasteiger partial charge < -0.3 is 57.9 Å². The molecule has 1 heterocycles. The number of rotatable bonds is 20. The number of aliphatic carboxylic acids is 3. The summed E-state index contributed by atoms with van der Waals surface area (Å²) in [5.41, 5.74) is 7.21. The summed E-state index contributed by atoms with van der Waals surface area (Å²) in [6.07, 6.45) is 0.126. The van der Waals surface area contributed by atoms with E-state index in [2.05, 4.69) is 36.9 Å². The lowest BCUT2D eigenvalue weighted by Crippen LogP contribution is -2.56. The smallest absolute Gasteiger partial charge is 0.325 e. The zero-order valence-electron chi connectivity index (χ0n) is 27.1. The molecular weight excluding hydrogens is 664 g/mol. The molecule has 0 spiro atoms. The van der Waals surface area contributed by atoms with Gasteiger partial charge in [0.15, 0.2) is 0 Å². The number of nitrogens with one attached hydrogen (secondary N) is 7. The largest absolute Gasteiger partial charge is 0.481 e. The molecule has 5 atom stereocenters. The lowest BCUT2D eigenvalue weighted by molar-refractivity contribution is -0.142. The Morgan fingerprint density at radius 3 is 1.86 bits per heavy atom. The van der Waals surface area contributed by atoms with Crippen molar-refractivity contribution in [3.63, 3.8) is 0 Å². The molecule has 20 heteroatoms. The Kier molecular flexibility index (Phi) is 15.3. The van der Waals surface area contributed by atoms with Crippen LogP contribution in [0.2, 0.25) is 0 Å². The van der Waals surface area contributed by atoms with Crippen molar-refractivity contribution >= 4 is 64.3 Å². The van der Waals surface area contributed by atoms with Gasteiger partial charge in [-0.3, -0.25) is 43.2 Å². The van der Waals surface area contributed by atoms with E-state index in [0.29, 0.717) is 5.56 Å². The lowest BCUT2D eigenvalue weighted by Gasteiger charge is -2.22. The maximum Gasteiger partial charge on any atom is 0.325 e. The van der Waals surface area contributed by atoms with Gasteiger partial charge in [0, 0.05) is 29.9 Å². The topological polar surface area (TPSA) is 328 Å². The molecule has 0 bridgehead atoms. The molecule has 0 aliphatic heterocycles. The van der Waals surface area contributed by atoms with Gasteiger partial charge in [-0.2, -0.15) is 0 Å². The van der Waals surface area contributed by atoms with Crippen molar-refractivity contribution in [2.45, 2.75) is 69.7 Å². The molecule has 0 aliphatic carbocycles. The minimum absolute atomic E-state index is 0.0407. The molecule has 6 amide bonds. The van der Waals surface area contributed by atoms with E-state index in [9.17, 15) is 48.3 Å². The first-order chi connectivity index (χ1) is 23.5. The number of nitrogens with two attached hydrogens (primary N) is 1. The van der Waals surface area contributed by atoms with Crippen LogP contribution in [-0.4, -0.2) is 117 Å².